The SMILES string of the molecule is CC(=O)NC(CC1CCCCC1)C(C)=O. The van der Waals surface area contributed by atoms with E-state index >= 15 is 0 Å². The van der Waals surface area contributed by atoms with E-state index in [1.54, 1.807) is 6.92 Å². The van der Waals surface area contributed by atoms with Crippen LogP contribution in [0.1, 0.15) is 52.4 Å². The van der Waals surface area contributed by atoms with Crippen LogP contribution >= 0.6 is 0 Å². The fraction of sp³-hybridized carbons (Fsp3) is 0.833. The minimum absolute atomic E-state index is 0.0794. The lowest BCUT2D eigenvalue weighted by Gasteiger charge is -2.25. The summed E-state index contributed by atoms with van der Waals surface area (Å²) in [6, 6.07) is -0.259. The Balaban J connectivity index is 2.42. The van der Waals surface area contributed by atoms with Crippen LogP contribution in [0.4, 0.5) is 0 Å². The van der Waals surface area contributed by atoms with Crippen LogP contribution in [0.25, 0.3) is 0 Å². The average Bonchev–Trinajstić information content (AvgIpc) is 2.17. The number of hydrogen-bond donors (Lipinski definition) is 1. The Morgan fingerprint density at radius 3 is 2.27 bits per heavy atom. The molecule has 3 nitrogen and oxygen atoms in total. The Kier molecular flexibility index (Phi) is 4.79. The number of hydrogen-bond acceptors (Lipinski definition) is 2. The molecule has 0 aliphatic heterocycles. The number of Topliss-reactive ketones (excluding diaryl/α,β-unsaturated/α-hetero) is 1. The molecule has 3 heteroatoms. The van der Waals surface area contributed by atoms with E-state index in [-0.39, 0.29) is 17.7 Å². The first kappa shape index (κ1) is 12.2. The van der Waals surface area contributed by atoms with Crippen molar-refractivity contribution in [3.05, 3.63) is 0 Å². The van der Waals surface area contributed by atoms with Gasteiger partial charge >= 0.3 is 0 Å². The highest BCUT2D eigenvalue weighted by Gasteiger charge is 2.22. The lowest BCUT2D eigenvalue weighted by Crippen LogP contribution is -2.40. The Morgan fingerprint density at radius 1 is 1.20 bits per heavy atom. The summed E-state index contributed by atoms with van der Waals surface area (Å²) in [6.07, 6.45) is 7.12. The molecule has 1 aliphatic carbocycles. The van der Waals surface area contributed by atoms with Gasteiger partial charge in [0.25, 0.3) is 0 Å². The van der Waals surface area contributed by atoms with E-state index in [0.717, 1.165) is 6.42 Å². The zero-order chi connectivity index (χ0) is 11.3. The molecule has 0 saturated heterocycles. The monoisotopic (exact) mass is 211 g/mol. The smallest absolute Gasteiger partial charge is 0.217 e. The fourth-order valence-corrected chi connectivity index (χ4v) is 2.33. The molecule has 0 aromatic heterocycles. The van der Waals surface area contributed by atoms with Gasteiger partial charge in [-0.3, -0.25) is 9.59 Å². The van der Waals surface area contributed by atoms with E-state index in [1.165, 1.54) is 39.0 Å². The van der Waals surface area contributed by atoms with E-state index in [9.17, 15) is 9.59 Å². The minimum atomic E-state index is -0.259. The number of carbonyl (C=O) groups excluding carboxylic acids is 2. The van der Waals surface area contributed by atoms with Crippen molar-refractivity contribution in [2.24, 2.45) is 5.92 Å². The van der Waals surface area contributed by atoms with Crippen LogP contribution in [0.2, 0.25) is 0 Å². The standard InChI is InChI=1S/C12H21NO2/c1-9(14)12(13-10(2)15)8-11-6-4-3-5-7-11/h11-12H,3-8H2,1-2H3,(H,13,15). The van der Waals surface area contributed by atoms with E-state index in [1.807, 2.05) is 0 Å². The van der Waals surface area contributed by atoms with Gasteiger partial charge in [-0.1, -0.05) is 32.1 Å². The number of rotatable bonds is 4. The van der Waals surface area contributed by atoms with Crippen molar-refractivity contribution in [1.29, 1.82) is 0 Å². The molecule has 1 unspecified atom stereocenters. The van der Waals surface area contributed by atoms with Gasteiger partial charge in [-0.15, -0.1) is 0 Å². The van der Waals surface area contributed by atoms with Crippen LogP contribution in [0.3, 0.4) is 0 Å². The molecule has 0 spiro atoms. The molecule has 1 atom stereocenters. The zero-order valence-corrected chi connectivity index (χ0v) is 9.71. The molecule has 1 N–H and O–H groups in total. The molecule has 0 radical (unpaired) electrons. The highest BCUT2D eigenvalue weighted by molar-refractivity contribution is 5.86. The van der Waals surface area contributed by atoms with E-state index < -0.39 is 0 Å². The number of nitrogens with one attached hydrogen (secondary N) is 1. The number of carbonyl (C=O) groups is 2. The van der Waals surface area contributed by atoms with Gasteiger partial charge in [-0.2, -0.15) is 0 Å². The second-order valence-electron chi connectivity index (χ2n) is 4.60. The van der Waals surface area contributed by atoms with Crippen molar-refractivity contribution in [3.63, 3.8) is 0 Å². The molecule has 0 heterocycles. The first-order chi connectivity index (χ1) is 7.09. The summed E-state index contributed by atoms with van der Waals surface area (Å²) >= 11 is 0. The molecule has 0 aromatic carbocycles. The first-order valence-corrected chi connectivity index (χ1v) is 5.87. The Morgan fingerprint density at radius 2 is 1.80 bits per heavy atom. The maximum absolute atomic E-state index is 11.3. The summed E-state index contributed by atoms with van der Waals surface area (Å²) in [7, 11) is 0. The van der Waals surface area contributed by atoms with Crippen molar-refractivity contribution < 1.29 is 9.59 Å². The van der Waals surface area contributed by atoms with Crippen LogP contribution < -0.4 is 5.32 Å². The normalized spacial score (nSPS) is 19.6. The largest absolute Gasteiger partial charge is 0.347 e. The molecule has 1 fully saturated rings. The summed E-state index contributed by atoms with van der Waals surface area (Å²) in [5, 5.41) is 2.74. The summed E-state index contributed by atoms with van der Waals surface area (Å²) < 4.78 is 0. The maximum Gasteiger partial charge on any atom is 0.217 e. The lowest BCUT2D eigenvalue weighted by molar-refractivity contribution is -0.126. The highest BCUT2D eigenvalue weighted by atomic mass is 16.2. The zero-order valence-electron chi connectivity index (χ0n) is 9.71. The molecule has 15 heavy (non-hydrogen) atoms. The van der Waals surface area contributed by atoms with Gasteiger partial charge in [0.1, 0.15) is 0 Å². The molecule has 1 aliphatic rings. The summed E-state index contributed by atoms with van der Waals surface area (Å²) in [5.74, 6) is 0.598. The van der Waals surface area contributed by atoms with Gasteiger partial charge in [0, 0.05) is 6.92 Å². The molecule has 86 valence electrons. The summed E-state index contributed by atoms with van der Waals surface area (Å²) in [6.45, 7) is 3.03. The van der Waals surface area contributed by atoms with Crippen LogP contribution in [0.15, 0.2) is 0 Å². The van der Waals surface area contributed by atoms with Gasteiger partial charge in [-0.25, -0.2) is 0 Å². The Labute approximate surface area is 91.6 Å². The lowest BCUT2D eigenvalue weighted by atomic mass is 9.84. The van der Waals surface area contributed by atoms with Crippen molar-refractivity contribution in [2.45, 2.75) is 58.4 Å². The molecule has 0 aromatic rings. The van der Waals surface area contributed by atoms with Crippen LogP contribution in [-0.4, -0.2) is 17.7 Å². The Bertz CT molecular complexity index is 232. The van der Waals surface area contributed by atoms with Crippen molar-refractivity contribution >= 4 is 11.7 Å². The quantitative estimate of drug-likeness (QED) is 0.773. The summed E-state index contributed by atoms with van der Waals surface area (Å²) in [4.78, 5) is 22.3. The third kappa shape index (κ3) is 4.45. The van der Waals surface area contributed by atoms with Crippen molar-refractivity contribution in [2.75, 3.05) is 0 Å². The molecular formula is C12H21NO2. The van der Waals surface area contributed by atoms with Crippen molar-refractivity contribution in [3.8, 4) is 0 Å². The Hall–Kier alpha value is -0.860. The predicted molar refractivity (Wildman–Crippen MR) is 59.5 cm³/mol. The number of amides is 1. The fourth-order valence-electron chi connectivity index (χ4n) is 2.33. The molecule has 0 bridgehead atoms. The van der Waals surface area contributed by atoms with Gasteiger partial charge in [0.05, 0.1) is 6.04 Å². The predicted octanol–water partition coefficient (Wildman–Crippen LogP) is 2.05. The average molecular weight is 211 g/mol. The van der Waals surface area contributed by atoms with Crippen LogP contribution in [-0.2, 0) is 9.59 Å². The maximum atomic E-state index is 11.3. The van der Waals surface area contributed by atoms with Gasteiger partial charge in [-0.05, 0) is 19.3 Å². The minimum Gasteiger partial charge on any atom is -0.347 e. The molecule has 1 amide bonds. The van der Waals surface area contributed by atoms with Gasteiger partial charge in [0.2, 0.25) is 5.91 Å². The first-order valence-electron chi connectivity index (χ1n) is 5.87. The third-order valence-corrected chi connectivity index (χ3v) is 3.16. The topological polar surface area (TPSA) is 46.2 Å². The third-order valence-electron chi connectivity index (χ3n) is 3.16. The van der Waals surface area contributed by atoms with Crippen LogP contribution in [0.5, 0.6) is 0 Å². The number of ketones is 1. The van der Waals surface area contributed by atoms with Gasteiger partial charge in [0.15, 0.2) is 5.78 Å². The molecular weight excluding hydrogens is 190 g/mol. The molecule has 1 saturated carbocycles. The van der Waals surface area contributed by atoms with Crippen molar-refractivity contribution in [1.82, 2.24) is 5.32 Å². The second kappa shape index (κ2) is 5.89. The molecule has 1 rings (SSSR count). The van der Waals surface area contributed by atoms with E-state index in [4.69, 9.17) is 0 Å². The van der Waals surface area contributed by atoms with E-state index in [2.05, 4.69) is 5.32 Å². The second-order valence-corrected chi connectivity index (χ2v) is 4.60. The van der Waals surface area contributed by atoms with E-state index in [0.29, 0.717) is 5.92 Å². The highest BCUT2D eigenvalue weighted by Crippen LogP contribution is 2.27. The van der Waals surface area contributed by atoms with Gasteiger partial charge < -0.3 is 5.32 Å². The van der Waals surface area contributed by atoms with Crippen LogP contribution in [0, 0.1) is 5.92 Å². The summed E-state index contributed by atoms with van der Waals surface area (Å²) in [5.41, 5.74) is 0.